The quantitative estimate of drug-likeness (QED) is 0.192. The van der Waals surface area contributed by atoms with Crippen LogP contribution in [0, 0.1) is 0 Å². The van der Waals surface area contributed by atoms with Crippen molar-refractivity contribution in [2.75, 3.05) is 0 Å². The van der Waals surface area contributed by atoms with Crippen molar-refractivity contribution in [3.8, 4) is 68.0 Å². The highest BCUT2D eigenvalue weighted by Gasteiger charge is 2.51. The second-order valence-corrected chi connectivity index (χ2v) is 12.6. The number of para-hydroxylation sites is 1. The maximum absolute atomic E-state index is 6.66. The fourth-order valence-corrected chi connectivity index (χ4v) is 7.67. The minimum atomic E-state index is -0.577. The molecule has 5 heteroatoms. The molecule has 3 heterocycles. The molecule has 2 aliphatic rings. The molecule has 2 aromatic heterocycles. The lowest BCUT2D eigenvalue weighted by atomic mass is 9.66. The molecule has 0 atom stereocenters. The largest absolute Gasteiger partial charge is 0.457 e. The monoisotopic (exact) mass is 640 g/mol. The van der Waals surface area contributed by atoms with Gasteiger partial charge in [0.2, 0.25) is 0 Å². The molecule has 0 fully saturated rings. The van der Waals surface area contributed by atoms with Crippen LogP contribution in [-0.2, 0) is 5.41 Å². The second-order valence-electron chi connectivity index (χ2n) is 12.6. The third kappa shape index (κ3) is 4.27. The van der Waals surface area contributed by atoms with Crippen molar-refractivity contribution in [2.45, 2.75) is 5.41 Å². The van der Waals surface area contributed by atoms with Crippen LogP contribution in [0.4, 0.5) is 0 Å². The van der Waals surface area contributed by atoms with E-state index in [4.69, 9.17) is 19.7 Å². The van der Waals surface area contributed by atoms with Gasteiger partial charge in [0.1, 0.15) is 11.5 Å². The number of benzene rings is 6. The zero-order valence-corrected chi connectivity index (χ0v) is 26.9. The Morgan fingerprint density at radius 1 is 0.380 bits per heavy atom. The molecule has 0 radical (unpaired) electrons. The fourth-order valence-electron chi connectivity index (χ4n) is 7.67. The van der Waals surface area contributed by atoms with Gasteiger partial charge in [-0.05, 0) is 58.7 Å². The average Bonchev–Trinajstić information content (AvgIpc) is 3.49. The molecule has 50 heavy (non-hydrogen) atoms. The van der Waals surface area contributed by atoms with Crippen molar-refractivity contribution in [3.05, 3.63) is 192 Å². The van der Waals surface area contributed by atoms with Crippen LogP contribution in [0.5, 0.6) is 11.5 Å². The minimum absolute atomic E-state index is 0.577. The van der Waals surface area contributed by atoms with E-state index < -0.39 is 5.41 Å². The number of pyridine rings is 1. The first-order valence-corrected chi connectivity index (χ1v) is 16.7. The van der Waals surface area contributed by atoms with Gasteiger partial charge >= 0.3 is 0 Å². The zero-order chi connectivity index (χ0) is 33.1. The summed E-state index contributed by atoms with van der Waals surface area (Å²) >= 11 is 0. The van der Waals surface area contributed by atoms with E-state index in [2.05, 4.69) is 114 Å². The van der Waals surface area contributed by atoms with E-state index in [1.807, 2.05) is 60.8 Å². The molecular weight excluding hydrogens is 613 g/mol. The number of ether oxygens (including phenoxy) is 1. The van der Waals surface area contributed by atoms with E-state index >= 15 is 0 Å². The predicted octanol–water partition coefficient (Wildman–Crippen LogP) is 10.4. The van der Waals surface area contributed by atoms with Crippen molar-refractivity contribution >= 4 is 0 Å². The van der Waals surface area contributed by atoms with Gasteiger partial charge in [0.15, 0.2) is 17.5 Å². The molecule has 1 spiro atoms. The first-order valence-electron chi connectivity index (χ1n) is 16.7. The second kappa shape index (κ2) is 11.2. The summed E-state index contributed by atoms with van der Waals surface area (Å²) in [5, 5.41) is 0. The molecule has 234 valence electrons. The van der Waals surface area contributed by atoms with Crippen molar-refractivity contribution in [1.82, 2.24) is 19.9 Å². The number of aromatic nitrogens is 4. The highest BCUT2D eigenvalue weighted by molar-refractivity contribution is 5.89. The molecule has 5 nitrogen and oxygen atoms in total. The Labute approximate surface area is 289 Å². The summed E-state index contributed by atoms with van der Waals surface area (Å²) in [7, 11) is 0. The van der Waals surface area contributed by atoms with Gasteiger partial charge in [0.05, 0.1) is 11.1 Å². The van der Waals surface area contributed by atoms with Crippen LogP contribution in [0.1, 0.15) is 22.3 Å². The number of fused-ring (bicyclic) bond motifs is 9. The third-order valence-electron chi connectivity index (χ3n) is 9.88. The number of nitrogens with zero attached hydrogens (tertiary/aromatic N) is 4. The lowest BCUT2D eigenvalue weighted by molar-refractivity contribution is 0.436. The van der Waals surface area contributed by atoms with Gasteiger partial charge in [-0.25, -0.2) is 15.0 Å². The Morgan fingerprint density at radius 2 is 0.900 bits per heavy atom. The fraction of sp³-hybridized carbons (Fsp3) is 0.0222. The number of hydrogen-bond donors (Lipinski definition) is 0. The van der Waals surface area contributed by atoms with Gasteiger partial charge < -0.3 is 4.74 Å². The van der Waals surface area contributed by atoms with E-state index in [0.29, 0.717) is 17.5 Å². The summed E-state index contributed by atoms with van der Waals surface area (Å²) < 4.78 is 6.66. The van der Waals surface area contributed by atoms with Crippen LogP contribution >= 0.6 is 0 Å². The lowest BCUT2D eigenvalue weighted by Crippen LogP contribution is -2.32. The standard InChI is InChI=1S/C45H28N4O/c1-2-12-30(13-3-1)42-47-43(31-23-21-29(22-24-31)39-19-10-11-27-46-39)49-44(48-42)32-25-26-41-38(28-32)45(37-18-8-9-20-40(37)50-41)35-16-6-4-14-33(35)34-15-5-7-17-36(34)45/h1-28H. The van der Waals surface area contributed by atoms with Crippen molar-refractivity contribution in [1.29, 1.82) is 0 Å². The summed E-state index contributed by atoms with van der Waals surface area (Å²) in [6, 6.07) is 56.5. The number of rotatable bonds is 4. The van der Waals surface area contributed by atoms with Gasteiger partial charge in [-0.2, -0.15) is 0 Å². The summed E-state index contributed by atoms with van der Waals surface area (Å²) in [4.78, 5) is 19.7. The van der Waals surface area contributed by atoms with Crippen LogP contribution in [0.15, 0.2) is 170 Å². The lowest BCUT2D eigenvalue weighted by Gasteiger charge is -2.39. The van der Waals surface area contributed by atoms with Crippen LogP contribution < -0.4 is 4.74 Å². The molecule has 1 aliphatic heterocycles. The van der Waals surface area contributed by atoms with Crippen LogP contribution in [0.2, 0.25) is 0 Å². The minimum Gasteiger partial charge on any atom is -0.457 e. The maximum atomic E-state index is 6.66. The topological polar surface area (TPSA) is 60.8 Å². The third-order valence-corrected chi connectivity index (χ3v) is 9.88. The van der Waals surface area contributed by atoms with Crippen LogP contribution in [0.3, 0.4) is 0 Å². The molecule has 0 saturated carbocycles. The summed E-state index contributed by atoms with van der Waals surface area (Å²) in [5.41, 5.74) is 11.2. The average molecular weight is 641 g/mol. The predicted molar refractivity (Wildman–Crippen MR) is 197 cm³/mol. The summed E-state index contributed by atoms with van der Waals surface area (Å²) in [6.45, 7) is 0. The Hall–Kier alpha value is -6.72. The van der Waals surface area contributed by atoms with Crippen LogP contribution in [-0.4, -0.2) is 19.9 Å². The molecule has 0 N–H and O–H groups in total. The molecule has 1 aliphatic carbocycles. The molecule has 10 rings (SSSR count). The Morgan fingerprint density at radius 3 is 1.58 bits per heavy atom. The van der Waals surface area contributed by atoms with E-state index in [0.717, 1.165) is 50.6 Å². The first-order chi connectivity index (χ1) is 24.8. The first kappa shape index (κ1) is 28.3. The Kier molecular flexibility index (Phi) is 6.33. The van der Waals surface area contributed by atoms with Crippen molar-refractivity contribution in [2.24, 2.45) is 0 Å². The van der Waals surface area contributed by atoms with Gasteiger partial charge in [-0.1, -0.05) is 127 Å². The summed E-state index contributed by atoms with van der Waals surface area (Å²) in [6.07, 6.45) is 1.81. The molecule has 0 bridgehead atoms. The van der Waals surface area contributed by atoms with Crippen molar-refractivity contribution in [3.63, 3.8) is 0 Å². The number of hydrogen-bond acceptors (Lipinski definition) is 5. The molecule has 6 aromatic carbocycles. The van der Waals surface area contributed by atoms with Gasteiger partial charge in [0, 0.05) is 39.6 Å². The van der Waals surface area contributed by atoms with Gasteiger partial charge in [-0.15, -0.1) is 0 Å². The van der Waals surface area contributed by atoms with E-state index in [1.54, 1.807) is 0 Å². The molecule has 0 unspecified atom stereocenters. The van der Waals surface area contributed by atoms with E-state index in [1.165, 1.54) is 22.3 Å². The van der Waals surface area contributed by atoms with Crippen molar-refractivity contribution < 1.29 is 4.74 Å². The van der Waals surface area contributed by atoms with Gasteiger partial charge in [0.25, 0.3) is 0 Å². The molecule has 0 saturated heterocycles. The van der Waals surface area contributed by atoms with Gasteiger partial charge in [-0.3, -0.25) is 4.98 Å². The van der Waals surface area contributed by atoms with E-state index in [-0.39, 0.29) is 0 Å². The Balaban J connectivity index is 1.18. The highest BCUT2D eigenvalue weighted by Crippen LogP contribution is 2.62. The molecule has 8 aromatic rings. The van der Waals surface area contributed by atoms with Crippen LogP contribution in [0.25, 0.3) is 56.5 Å². The SMILES string of the molecule is c1ccc(-c2nc(-c3ccc(-c4ccccn4)cc3)nc(-c3ccc4c(c3)C3(c5ccccc5O4)c4ccccc4-c4ccccc43)n2)cc1. The normalized spacial score (nSPS) is 13.1. The highest BCUT2D eigenvalue weighted by atomic mass is 16.5. The molecular formula is C45H28N4O. The zero-order valence-electron chi connectivity index (χ0n) is 26.9. The smallest absolute Gasteiger partial charge is 0.164 e. The molecule has 0 amide bonds. The Bertz CT molecular complexity index is 2520. The van der Waals surface area contributed by atoms with E-state index in [9.17, 15) is 0 Å². The summed E-state index contributed by atoms with van der Waals surface area (Å²) in [5.74, 6) is 3.50. The maximum Gasteiger partial charge on any atom is 0.164 e.